The summed E-state index contributed by atoms with van der Waals surface area (Å²) in [5, 5.41) is 10.7. The zero-order valence-electron chi connectivity index (χ0n) is 29.1. The number of fused-ring (bicyclic) bond motifs is 1. The van der Waals surface area contributed by atoms with Gasteiger partial charge in [0, 0.05) is 45.0 Å². The standard InChI is InChI=1S/C37H54N4O7/c1-7-16-39(19-18-38-20-22-46-23-21-38)35(45)32-37-15-14-36(6,48-37)30(31(37)34(44)41(32)28(25-42)24-26(4)5)33(43)40(17-8-2)27-10-12-29(13-11-27)47-9-3/h7-8,10-13,26,28,30-32,42H,1-2,9,14-25H2,3-6H3/t28-,30-,31+,32?,36+,37?/m1/s1. The van der Waals surface area contributed by atoms with E-state index >= 15 is 0 Å². The first-order chi connectivity index (χ1) is 23.0. The number of carbonyl (C=O) groups is 3. The Labute approximate surface area is 285 Å². The van der Waals surface area contributed by atoms with Crippen LogP contribution in [0.5, 0.6) is 5.75 Å². The molecule has 1 aromatic carbocycles. The number of hydrogen-bond acceptors (Lipinski definition) is 8. The number of amides is 3. The topological polar surface area (TPSA) is 112 Å². The van der Waals surface area contributed by atoms with Crippen LogP contribution in [0.3, 0.4) is 0 Å². The number of hydrogen-bond donors (Lipinski definition) is 1. The smallest absolute Gasteiger partial charge is 0.248 e. The molecular formula is C37H54N4O7. The molecule has 2 unspecified atom stereocenters. The number of nitrogens with zero attached hydrogens (tertiary/aromatic N) is 4. The molecule has 1 aromatic rings. The van der Waals surface area contributed by atoms with E-state index in [0.29, 0.717) is 70.2 Å². The van der Waals surface area contributed by atoms with Crippen molar-refractivity contribution in [2.45, 2.75) is 70.2 Å². The molecule has 11 nitrogen and oxygen atoms in total. The highest BCUT2D eigenvalue weighted by Crippen LogP contribution is 2.64. The monoisotopic (exact) mass is 666 g/mol. The first-order valence-corrected chi connectivity index (χ1v) is 17.5. The zero-order chi connectivity index (χ0) is 34.6. The van der Waals surface area contributed by atoms with Crippen LogP contribution in [0, 0.1) is 17.8 Å². The van der Waals surface area contributed by atoms with E-state index in [-0.39, 0.29) is 36.8 Å². The van der Waals surface area contributed by atoms with Gasteiger partial charge in [-0.1, -0.05) is 26.0 Å². The summed E-state index contributed by atoms with van der Waals surface area (Å²) in [6.07, 6.45) is 4.87. The molecule has 264 valence electrons. The van der Waals surface area contributed by atoms with E-state index in [1.165, 1.54) is 0 Å². The highest BCUT2D eigenvalue weighted by molar-refractivity contribution is 6.03. The molecule has 2 bridgehead atoms. The number of rotatable bonds is 16. The Morgan fingerprint density at radius 3 is 2.40 bits per heavy atom. The summed E-state index contributed by atoms with van der Waals surface area (Å²) < 4.78 is 18.1. The highest BCUT2D eigenvalue weighted by Gasteiger charge is 2.79. The van der Waals surface area contributed by atoms with Crippen molar-refractivity contribution in [2.24, 2.45) is 17.8 Å². The molecule has 0 radical (unpaired) electrons. The van der Waals surface area contributed by atoms with E-state index in [0.717, 1.165) is 13.1 Å². The third kappa shape index (κ3) is 6.66. The Bertz CT molecular complexity index is 1330. The van der Waals surface area contributed by atoms with Crippen LogP contribution in [0.25, 0.3) is 0 Å². The van der Waals surface area contributed by atoms with E-state index in [9.17, 15) is 19.5 Å². The van der Waals surface area contributed by atoms with Crippen LogP contribution < -0.4 is 9.64 Å². The fourth-order valence-corrected chi connectivity index (χ4v) is 8.45. The van der Waals surface area contributed by atoms with Crippen LogP contribution in [0.1, 0.15) is 47.0 Å². The van der Waals surface area contributed by atoms with E-state index in [1.54, 1.807) is 26.9 Å². The fourth-order valence-electron chi connectivity index (χ4n) is 8.45. The second-order valence-electron chi connectivity index (χ2n) is 14.1. The normalized spacial score (nSPS) is 28.8. The Kier molecular flexibility index (Phi) is 11.3. The summed E-state index contributed by atoms with van der Waals surface area (Å²) >= 11 is 0. The highest BCUT2D eigenvalue weighted by atomic mass is 16.5. The summed E-state index contributed by atoms with van der Waals surface area (Å²) in [6, 6.07) is 5.73. The van der Waals surface area contributed by atoms with Crippen molar-refractivity contribution >= 4 is 23.4 Å². The molecule has 4 heterocycles. The zero-order valence-corrected chi connectivity index (χ0v) is 29.1. The maximum atomic E-state index is 14.9. The summed E-state index contributed by atoms with van der Waals surface area (Å²) in [5.74, 6) is -1.62. The SMILES string of the molecule is C=CCN(CCN1CCOCC1)C(=O)C1N([C@@H](CO)CC(C)C)C(=O)[C@@H]2[C@H](C(=O)N(CC=C)c3ccc(OCC)cc3)[C@]3(C)CCC12O3. The number of likely N-dealkylation sites (tertiary alicyclic amines) is 1. The molecule has 0 saturated carbocycles. The van der Waals surface area contributed by atoms with Crippen LogP contribution in [0.2, 0.25) is 0 Å². The predicted octanol–water partition coefficient (Wildman–Crippen LogP) is 3.12. The van der Waals surface area contributed by atoms with Crippen LogP contribution >= 0.6 is 0 Å². The van der Waals surface area contributed by atoms with Crippen LogP contribution in [0.4, 0.5) is 5.69 Å². The number of carbonyl (C=O) groups excluding carboxylic acids is 3. The first kappa shape index (κ1) is 36.0. The molecule has 4 saturated heterocycles. The van der Waals surface area contributed by atoms with E-state index in [1.807, 2.05) is 52.0 Å². The van der Waals surface area contributed by atoms with Crippen LogP contribution in [0.15, 0.2) is 49.6 Å². The van der Waals surface area contributed by atoms with Gasteiger partial charge in [-0.2, -0.15) is 0 Å². The molecule has 4 aliphatic heterocycles. The van der Waals surface area contributed by atoms with Gasteiger partial charge in [0.1, 0.15) is 17.4 Å². The average molecular weight is 667 g/mol. The lowest BCUT2D eigenvalue weighted by atomic mass is 9.66. The van der Waals surface area contributed by atoms with E-state index in [4.69, 9.17) is 14.2 Å². The maximum Gasteiger partial charge on any atom is 0.248 e. The molecule has 3 amide bonds. The van der Waals surface area contributed by atoms with Crippen LogP contribution in [-0.4, -0.2) is 127 Å². The van der Waals surface area contributed by atoms with Crippen LogP contribution in [-0.2, 0) is 23.9 Å². The molecule has 5 rings (SSSR count). The average Bonchev–Trinajstić information content (AvgIpc) is 3.65. The lowest BCUT2D eigenvalue weighted by Crippen LogP contribution is -2.59. The van der Waals surface area contributed by atoms with Crippen molar-refractivity contribution in [1.82, 2.24) is 14.7 Å². The van der Waals surface area contributed by atoms with Crippen molar-refractivity contribution < 1.29 is 33.7 Å². The summed E-state index contributed by atoms with van der Waals surface area (Å²) in [6.45, 7) is 20.5. The van der Waals surface area contributed by atoms with Crippen molar-refractivity contribution in [2.75, 3.05) is 70.6 Å². The number of aliphatic hydroxyl groups is 1. The summed E-state index contributed by atoms with van der Waals surface area (Å²) in [4.78, 5) is 51.8. The van der Waals surface area contributed by atoms with Gasteiger partial charge in [0.2, 0.25) is 17.7 Å². The van der Waals surface area contributed by atoms with Crippen molar-refractivity contribution in [3.63, 3.8) is 0 Å². The second kappa shape index (κ2) is 15.1. The van der Waals surface area contributed by atoms with E-state index < -0.39 is 35.1 Å². The van der Waals surface area contributed by atoms with Gasteiger partial charge in [0.05, 0.1) is 49.9 Å². The second-order valence-corrected chi connectivity index (χ2v) is 14.1. The molecule has 0 aliphatic carbocycles. The molecular weight excluding hydrogens is 612 g/mol. The van der Waals surface area contributed by atoms with Gasteiger partial charge in [0.25, 0.3) is 0 Å². The Morgan fingerprint density at radius 1 is 1.10 bits per heavy atom. The minimum Gasteiger partial charge on any atom is -0.494 e. The number of morpholine rings is 1. The Hall–Kier alpha value is -3.25. The predicted molar refractivity (Wildman–Crippen MR) is 184 cm³/mol. The third-order valence-corrected chi connectivity index (χ3v) is 10.6. The maximum absolute atomic E-state index is 14.9. The minimum absolute atomic E-state index is 0.157. The quantitative estimate of drug-likeness (QED) is 0.268. The Morgan fingerprint density at radius 2 is 1.79 bits per heavy atom. The Balaban J connectivity index is 1.53. The lowest BCUT2D eigenvalue weighted by molar-refractivity contribution is -0.155. The van der Waals surface area contributed by atoms with Gasteiger partial charge < -0.3 is 34.0 Å². The lowest BCUT2D eigenvalue weighted by Gasteiger charge is -2.40. The third-order valence-electron chi connectivity index (χ3n) is 10.6. The minimum atomic E-state index is -1.20. The molecule has 4 aliphatic rings. The molecule has 1 spiro atoms. The molecule has 1 N–H and O–H groups in total. The van der Waals surface area contributed by atoms with Gasteiger partial charge in [-0.25, -0.2) is 0 Å². The number of ether oxygens (including phenoxy) is 3. The van der Waals surface area contributed by atoms with Crippen molar-refractivity contribution in [3.8, 4) is 5.75 Å². The molecule has 0 aromatic heterocycles. The van der Waals surface area contributed by atoms with Gasteiger partial charge in [0.15, 0.2) is 0 Å². The molecule has 4 fully saturated rings. The molecule has 48 heavy (non-hydrogen) atoms. The number of aliphatic hydroxyl groups excluding tert-OH is 1. The summed E-state index contributed by atoms with van der Waals surface area (Å²) in [7, 11) is 0. The summed E-state index contributed by atoms with van der Waals surface area (Å²) in [5.41, 5.74) is -1.49. The van der Waals surface area contributed by atoms with E-state index in [2.05, 4.69) is 18.1 Å². The number of benzene rings is 1. The van der Waals surface area contributed by atoms with Gasteiger partial charge >= 0.3 is 0 Å². The van der Waals surface area contributed by atoms with Crippen molar-refractivity contribution in [3.05, 3.63) is 49.6 Å². The van der Waals surface area contributed by atoms with Gasteiger partial charge in [-0.3, -0.25) is 19.3 Å². The van der Waals surface area contributed by atoms with Gasteiger partial charge in [-0.15, -0.1) is 13.2 Å². The number of anilines is 1. The first-order valence-electron chi connectivity index (χ1n) is 17.5. The largest absolute Gasteiger partial charge is 0.494 e. The molecule has 6 atom stereocenters. The molecule has 11 heteroatoms. The van der Waals surface area contributed by atoms with Crippen molar-refractivity contribution in [1.29, 1.82) is 0 Å². The van der Waals surface area contributed by atoms with Gasteiger partial charge in [-0.05, 0) is 63.3 Å². The fraction of sp³-hybridized carbons (Fsp3) is 0.649.